The quantitative estimate of drug-likeness (QED) is 0.691. The molecule has 1 aromatic heterocycles. The Morgan fingerprint density at radius 1 is 1.23 bits per heavy atom. The van der Waals surface area contributed by atoms with E-state index in [1.165, 1.54) is 16.2 Å². The van der Waals surface area contributed by atoms with Crippen LogP contribution in [0.1, 0.15) is 60.6 Å². The van der Waals surface area contributed by atoms with Crippen molar-refractivity contribution in [1.82, 2.24) is 9.88 Å². The highest BCUT2D eigenvalue weighted by Gasteiger charge is 2.61. The smallest absolute Gasteiger partial charge is 0.329 e. The maximum absolute atomic E-state index is 13.7. The van der Waals surface area contributed by atoms with Gasteiger partial charge >= 0.3 is 11.9 Å². The molecule has 1 aliphatic heterocycles. The van der Waals surface area contributed by atoms with Crippen molar-refractivity contribution in [1.29, 1.82) is 0 Å². The first kappa shape index (κ1) is 22.0. The average Bonchev–Trinajstić information content (AvgIpc) is 3.33. The highest BCUT2D eigenvalue weighted by Crippen LogP contribution is 2.50. The van der Waals surface area contributed by atoms with Crippen molar-refractivity contribution in [3.63, 3.8) is 0 Å². The van der Waals surface area contributed by atoms with Gasteiger partial charge in [-0.15, -0.1) is 11.3 Å². The minimum absolute atomic E-state index is 0.0524. The Balaban J connectivity index is 2.18. The number of nitrogens with zero attached hydrogens (tertiary/aromatic N) is 2. The van der Waals surface area contributed by atoms with Gasteiger partial charge in [-0.1, -0.05) is 32.9 Å². The Morgan fingerprint density at radius 2 is 1.90 bits per heavy atom. The van der Waals surface area contributed by atoms with Crippen molar-refractivity contribution >= 4 is 29.2 Å². The lowest BCUT2D eigenvalue weighted by Gasteiger charge is -2.38. The molecule has 0 radical (unpaired) electrons. The third kappa shape index (κ3) is 3.84. The summed E-state index contributed by atoms with van der Waals surface area (Å²) in [7, 11) is 0. The summed E-state index contributed by atoms with van der Waals surface area (Å²) in [5.41, 5.74) is -0.220. The Kier molecular flexibility index (Phi) is 6.26. The lowest BCUT2D eigenvalue weighted by molar-refractivity contribution is -0.150. The molecule has 1 fully saturated rings. The highest BCUT2D eigenvalue weighted by molar-refractivity contribution is 7.09. The number of rotatable bonds is 7. The summed E-state index contributed by atoms with van der Waals surface area (Å²) >= 11 is 1.23. The Labute approximate surface area is 179 Å². The van der Waals surface area contributed by atoms with Crippen LogP contribution in [0.3, 0.4) is 0 Å². The van der Waals surface area contributed by atoms with Gasteiger partial charge in [0.15, 0.2) is 0 Å². The number of likely N-dealkylation sites (tertiary alicyclic amines) is 1. The number of carboxylic acid groups (broad SMARTS) is 2. The van der Waals surface area contributed by atoms with Gasteiger partial charge in [0.05, 0.1) is 12.0 Å². The van der Waals surface area contributed by atoms with Crippen molar-refractivity contribution in [3.05, 3.63) is 52.0 Å². The molecule has 1 aromatic carbocycles. The van der Waals surface area contributed by atoms with E-state index in [0.717, 1.165) is 12.0 Å². The van der Waals surface area contributed by atoms with E-state index in [0.29, 0.717) is 10.6 Å². The molecule has 0 bridgehead atoms. The number of hydrogen-bond donors (Lipinski definition) is 2. The molecule has 1 amide bonds. The number of hydrogen-bond acceptors (Lipinski definition) is 5. The maximum Gasteiger partial charge on any atom is 0.329 e. The molecule has 30 heavy (non-hydrogen) atoms. The number of carbonyl (C=O) groups is 3. The fraction of sp³-hybridized carbons (Fsp3) is 0.455. The number of benzene rings is 1. The van der Waals surface area contributed by atoms with Crippen molar-refractivity contribution in [2.24, 2.45) is 11.8 Å². The monoisotopic (exact) mass is 430 g/mol. The third-order valence-electron chi connectivity index (χ3n) is 5.67. The molecular formula is C22H26N2O5S. The van der Waals surface area contributed by atoms with Crippen LogP contribution < -0.4 is 0 Å². The summed E-state index contributed by atoms with van der Waals surface area (Å²) in [6.45, 7) is 5.75. The predicted molar refractivity (Wildman–Crippen MR) is 112 cm³/mol. The van der Waals surface area contributed by atoms with Crippen LogP contribution in [0.4, 0.5) is 0 Å². The summed E-state index contributed by atoms with van der Waals surface area (Å²) in [6, 6.07) is 6.09. The van der Waals surface area contributed by atoms with Crippen LogP contribution >= 0.6 is 11.3 Å². The first-order valence-corrected chi connectivity index (χ1v) is 10.9. The molecular weight excluding hydrogens is 404 g/mol. The Hall–Kier alpha value is -2.74. The molecule has 7 nitrogen and oxygen atoms in total. The number of thiazole rings is 1. The molecule has 8 heteroatoms. The number of aliphatic carboxylic acids is 2. The van der Waals surface area contributed by atoms with E-state index in [-0.39, 0.29) is 18.8 Å². The topological polar surface area (TPSA) is 108 Å². The zero-order valence-corrected chi connectivity index (χ0v) is 18.1. The van der Waals surface area contributed by atoms with E-state index in [2.05, 4.69) is 4.98 Å². The van der Waals surface area contributed by atoms with Gasteiger partial charge in [0.1, 0.15) is 10.5 Å². The summed E-state index contributed by atoms with van der Waals surface area (Å²) in [6.07, 6.45) is 2.36. The Morgan fingerprint density at radius 3 is 2.37 bits per heavy atom. The standard InChI is InChI=1S/C22H26N2O5S/c1-4-14-5-7-15(8-6-14)19(25)24-17(18-23-9-10-30-18)16(20(26)27)12-22(24,21(28)29)11-13(2)3/h5-10,13,16-17H,4,11-12H2,1-3H3,(H,26,27)(H,28,29). The zero-order valence-electron chi connectivity index (χ0n) is 17.2. The molecule has 0 spiro atoms. The van der Waals surface area contributed by atoms with E-state index >= 15 is 0 Å². The van der Waals surface area contributed by atoms with Crippen LogP contribution in [-0.4, -0.2) is 43.5 Å². The van der Waals surface area contributed by atoms with Gasteiger partial charge in [-0.25, -0.2) is 9.78 Å². The molecule has 0 aliphatic carbocycles. The molecule has 0 saturated carbocycles. The van der Waals surface area contributed by atoms with Gasteiger partial charge in [0.2, 0.25) is 0 Å². The number of carboxylic acids is 2. The van der Waals surface area contributed by atoms with Gasteiger partial charge in [0, 0.05) is 17.1 Å². The van der Waals surface area contributed by atoms with Crippen LogP contribution in [0.25, 0.3) is 0 Å². The molecule has 2 aromatic rings. The number of amides is 1. The predicted octanol–water partition coefficient (Wildman–Crippen LogP) is 3.86. The SMILES string of the molecule is CCc1ccc(C(=O)N2C(c3nccs3)C(C(=O)O)CC2(CC(C)C)C(=O)O)cc1. The lowest BCUT2D eigenvalue weighted by Crippen LogP contribution is -2.54. The second-order valence-electron chi connectivity index (χ2n) is 8.12. The van der Waals surface area contributed by atoms with Crippen LogP contribution in [-0.2, 0) is 16.0 Å². The number of carbonyl (C=O) groups excluding carboxylic acids is 1. The van der Waals surface area contributed by atoms with Gasteiger partial charge in [-0.05, 0) is 42.9 Å². The fourth-order valence-electron chi connectivity index (χ4n) is 4.38. The minimum atomic E-state index is -1.62. The molecule has 3 atom stereocenters. The summed E-state index contributed by atoms with van der Waals surface area (Å²) in [4.78, 5) is 43.9. The normalized spacial score (nSPS) is 23.7. The number of aryl methyl sites for hydroxylation is 1. The summed E-state index contributed by atoms with van der Waals surface area (Å²) in [5.74, 6) is -3.89. The van der Waals surface area contributed by atoms with Crippen molar-refractivity contribution in [2.75, 3.05) is 0 Å². The van der Waals surface area contributed by atoms with E-state index < -0.39 is 35.3 Å². The number of aromatic nitrogens is 1. The van der Waals surface area contributed by atoms with Gasteiger partial charge < -0.3 is 15.1 Å². The molecule has 160 valence electrons. The van der Waals surface area contributed by atoms with Crippen LogP contribution in [0.15, 0.2) is 35.8 Å². The van der Waals surface area contributed by atoms with Gasteiger partial charge in [-0.2, -0.15) is 0 Å². The largest absolute Gasteiger partial charge is 0.481 e. The first-order valence-electron chi connectivity index (χ1n) is 9.99. The molecule has 1 aliphatic rings. The molecule has 1 saturated heterocycles. The van der Waals surface area contributed by atoms with E-state index in [1.54, 1.807) is 23.7 Å². The van der Waals surface area contributed by atoms with Crippen molar-refractivity contribution in [3.8, 4) is 0 Å². The van der Waals surface area contributed by atoms with Crippen molar-refractivity contribution < 1.29 is 24.6 Å². The second kappa shape index (κ2) is 8.55. The lowest BCUT2D eigenvalue weighted by atomic mass is 9.83. The minimum Gasteiger partial charge on any atom is -0.481 e. The Bertz CT molecular complexity index is 926. The van der Waals surface area contributed by atoms with E-state index in [4.69, 9.17) is 0 Å². The van der Waals surface area contributed by atoms with E-state index in [9.17, 15) is 24.6 Å². The van der Waals surface area contributed by atoms with Crippen LogP contribution in [0.2, 0.25) is 0 Å². The molecule has 3 unspecified atom stereocenters. The van der Waals surface area contributed by atoms with Crippen LogP contribution in [0.5, 0.6) is 0 Å². The average molecular weight is 431 g/mol. The third-order valence-corrected chi connectivity index (χ3v) is 6.52. The van der Waals surface area contributed by atoms with Crippen molar-refractivity contribution in [2.45, 2.75) is 51.6 Å². The zero-order chi connectivity index (χ0) is 22.1. The van der Waals surface area contributed by atoms with Crippen LogP contribution in [0, 0.1) is 11.8 Å². The maximum atomic E-state index is 13.7. The van der Waals surface area contributed by atoms with Gasteiger partial charge in [0.25, 0.3) is 5.91 Å². The highest BCUT2D eigenvalue weighted by atomic mass is 32.1. The molecule has 3 rings (SSSR count). The molecule has 2 N–H and O–H groups in total. The van der Waals surface area contributed by atoms with Gasteiger partial charge in [-0.3, -0.25) is 9.59 Å². The fourth-order valence-corrected chi connectivity index (χ4v) is 5.17. The van der Waals surface area contributed by atoms with E-state index in [1.807, 2.05) is 32.9 Å². The summed E-state index contributed by atoms with van der Waals surface area (Å²) < 4.78 is 0. The summed E-state index contributed by atoms with van der Waals surface area (Å²) in [5, 5.41) is 22.3. The second-order valence-corrected chi connectivity index (χ2v) is 9.05. The molecule has 2 heterocycles. The first-order chi connectivity index (χ1) is 14.2.